The number of halogens is 2. The number of nitro groups is 1. The molecule has 8 nitrogen and oxygen atoms in total. The van der Waals surface area contributed by atoms with Gasteiger partial charge in [0, 0.05) is 30.3 Å². The van der Waals surface area contributed by atoms with E-state index in [0.29, 0.717) is 32.0 Å². The van der Waals surface area contributed by atoms with Crippen LogP contribution in [0.2, 0.25) is 10.0 Å². The fourth-order valence-corrected chi connectivity index (χ4v) is 6.11. The minimum atomic E-state index is -0.577. The summed E-state index contributed by atoms with van der Waals surface area (Å²) in [5, 5.41) is 18.7. The molecule has 194 valence electrons. The largest absolute Gasteiger partial charge is 0.366 e. The Labute approximate surface area is 237 Å². The lowest BCUT2D eigenvalue weighted by Crippen LogP contribution is -2.34. The summed E-state index contributed by atoms with van der Waals surface area (Å²) < 4.78 is 1.02. The van der Waals surface area contributed by atoms with E-state index < -0.39 is 10.8 Å². The van der Waals surface area contributed by atoms with E-state index in [0.717, 1.165) is 42.6 Å². The van der Waals surface area contributed by atoms with Crippen molar-refractivity contribution in [3.63, 3.8) is 0 Å². The molecule has 1 aliphatic rings. The van der Waals surface area contributed by atoms with Crippen LogP contribution < -0.4 is 15.5 Å². The summed E-state index contributed by atoms with van der Waals surface area (Å²) >= 11 is 19.7. The molecular formula is C26H21Cl2N5O3S2. The number of nitrogens with zero attached hydrogens (tertiary/aromatic N) is 3. The van der Waals surface area contributed by atoms with Crippen molar-refractivity contribution >= 4 is 85.1 Å². The fourth-order valence-electron chi connectivity index (χ4n) is 4.34. The van der Waals surface area contributed by atoms with Gasteiger partial charge in [0.15, 0.2) is 5.11 Å². The molecule has 0 saturated carbocycles. The van der Waals surface area contributed by atoms with Crippen LogP contribution in [-0.2, 0) is 0 Å². The number of rotatable bonds is 5. The number of hydrogen-bond acceptors (Lipinski definition) is 7. The summed E-state index contributed by atoms with van der Waals surface area (Å²) in [6, 6.07) is 15.5. The van der Waals surface area contributed by atoms with Crippen LogP contribution in [0.1, 0.15) is 29.6 Å². The van der Waals surface area contributed by atoms with Gasteiger partial charge in [-0.05, 0) is 67.9 Å². The summed E-state index contributed by atoms with van der Waals surface area (Å²) in [6.07, 6.45) is 3.06. The second-order valence-electron chi connectivity index (χ2n) is 8.72. The highest BCUT2D eigenvalue weighted by molar-refractivity contribution is 7.80. The molecule has 3 aromatic carbocycles. The molecule has 0 aliphatic carbocycles. The van der Waals surface area contributed by atoms with Gasteiger partial charge in [-0.1, -0.05) is 35.3 Å². The maximum atomic E-state index is 12.9. The predicted octanol–water partition coefficient (Wildman–Crippen LogP) is 7.30. The Hall–Kier alpha value is -3.31. The van der Waals surface area contributed by atoms with Gasteiger partial charge in [-0.25, -0.2) is 4.98 Å². The van der Waals surface area contributed by atoms with Crippen LogP contribution in [0.3, 0.4) is 0 Å². The zero-order chi connectivity index (χ0) is 26.8. The number of piperidine rings is 1. The van der Waals surface area contributed by atoms with Crippen molar-refractivity contribution in [3.8, 4) is 10.6 Å². The Bertz CT molecular complexity index is 1540. The van der Waals surface area contributed by atoms with Crippen LogP contribution in [0.4, 0.5) is 17.1 Å². The number of carbonyl (C=O) groups is 1. The van der Waals surface area contributed by atoms with Crippen LogP contribution in [0.25, 0.3) is 20.8 Å². The Morgan fingerprint density at radius 2 is 1.82 bits per heavy atom. The first kappa shape index (κ1) is 26.3. The second kappa shape index (κ2) is 11.2. The number of fused-ring (bicyclic) bond motifs is 1. The van der Waals surface area contributed by atoms with Gasteiger partial charge in [0.2, 0.25) is 0 Å². The zero-order valence-electron chi connectivity index (χ0n) is 19.9. The van der Waals surface area contributed by atoms with Crippen molar-refractivity contribution in [2.75, 3.05) is 23.3 Å². The van der Waals surface area contributed by atoms with Crippen molar-refractivity contribution in [1.82, 2.24) is 10.3 Å². The first-order valence-corrected chi connectivity index (χ1v) is 13.8. The molecular weight excluding hydrogens is 565 g/mol. The molecule has 0 unspecified atom stereocenters. The van der Waals surface area contributed by atoms with Gasteiger partial charge < -0.3 is 10.2 Å². The minimum absolute atomic E-state index is 0.0165. The predicted molar refractivity (Wildman–Crippen MR) is 158 cm³/mol. The van der Waals surface area contributed by atoms with Crippen molar-refractivity contribution in [2.24, 2.45) is 0 Å². The smallest absolute Gasteiger partial charge is 0.293 e. The summed E-state index contributed by atoms with van der Waals surface area (Å²) in [4.78, 5) is 30.8. The average molecular weight is 587 g/mol. The molecule has 1 amide bonds. The van der Waals surface area contributed by atoms with Crippen LogP contribution in [-0.4, -0.2) is 34.0 Å². The molecule has 0 atom stereocenters. The molecule has 12 heteroatoms. The standard InChI is InChI=1S/C26H21Cl2N5O3S2/c27-17-14-18(28)20(13-16(17)25-29-19-6-2-3-7-23(19)38-25)30-26(37)31-24(34)15-8-9-21(22(12-15)33(35)36)32-10-4-1-5-11-32/h2-3,6-9,12-14H,1,4-5,10-11H2,(H2,30,31,34,37). The van der Waals surface area contributed by atoms with Crippen molar-refractivity contribution < 1.29 is 9.72 Å². The average Bonchev–Trinajstić information content (AvgIpc) is 3.34. The molecule has 0 radical (unpaired) electrons. The summed E-state index contributed by atoms with van der Waals surface area (Å²) in [7, 11) is 0. The lowest BCUT2D eigenvalue weighted by atomic mass is 10.1. The second-order valence-corrected chi connectivity index (χ2v) is 11.0. The molecule has 1 fully saturated rings. The van der Waals surface area contributed by atoms with Crippen LogP contribution in [0, 0.1) is 10.1 Å². The quantitative estimate of drug-likeness (QED) is 0.144. The highest BCUT2D eigenvalue weighted by Crippen LogP contribution is 2.39. The molecule has 2 heterocycles. The normalized spacial score (nSPS) is 13.4. The Morgan fingerprint density at radius 3 is 2.55 bits per heavy atom. The Morgan fingerprint density at radius 1 is 1.05 bits per heavy atom. The lowest BCUT2D eigenvalue weighted by molar-refractivity contribution is -0.384. The number of carbonyl (C=O) groups excluding carboxylic acids is 1. The molecule has 0 spiro atoms. The molecule has 4 aromatic rings. The van der Waals surface area contributed by atoms with Crippen molar-refractivity contribution in [3.05, 3.63) is 80.3 Å². The first-order valence-electron chi connectivity index (χ1n) is 11.8. The van der Waals surface area contributed by atoms with Gasteiger partial charge in [-0.15, -0.1) is 11.3 Å². The van der Waals surface area contributed by atoms with Crippen molar-refractivity contribution in [2.45, 2.75) is 19.3 Å². The topological polar surface area (TPSA) is 100 Å². The van der Waals surface area contributed by atoms with E-state index in [9.17, 15) is 14.9 Å². The highest BCUT2D eigenvalue weighted by Gasteiger charge is 2.23. The minimum Gasteiger partial charge on any atom is -0.366 e. The van der Waals surface area contributed by atoms with E-state index >= 15 is 0 Å². The van der Waals surface area contributed by atoms with Gasteiger partial charge >= 0.3 is 0 Å². The van der Waals surface area contributed by atoms with Gasteiger partial charge in [0.25, 0.3) is 11.6 Å². The van der Waals surface area contributed by atoms with Gasteiger partial charge in [-0.2, -0.15) is 0 Å². The van der Waals surface area contributed by atoms with E-state index in [1.165, 1.54) is 17.4 Å². The Kier molecular flexibility index (Phi) is 7.75. The fraction of sp³-hybridized carbons (Fsp3) is 0.192. The third kappa shape index (κ3) is 5.58. The SMILES string of the molecule is O=C(NC(=S)Nc1cc(-c2nc3ccccc3s2)c(Cl)cc1Cl)c1ccc(N2CCCCC2)c([N+](=O)[O-])c1. The van der Waals surface area contributed by atoms with E-state index in [4.69, 9.17) is 35.4 Å². The van der Waals surface area contributed by atoms with E-state index in [1.807, 2.05) is 29.2 Å². The monoisotopic (exact) mass is 585 g/mol. The number of aromatic nitrogens is 1. The molecule has 38 heavy (non-hydrogen) atoms. The molecule has 1 aromatic heterocycles. The number of nitrogens with one attached hydrogen (secondary N) is 2. The Balaban J connectivity index is 1.33. The maximum Gasteiger partial charge on any atom is 0.293 e. The first-order chi connectivity index (χ1) is 18.3. The highest BCUT2D eigenvalue weighted by atomic mass is 35.5. The molecule has 5 rings (SSSR count). The van der Waals surface area contributed by atoms with Gasteiger partial charge in [0.05, 0.1) is 30.9 Å². The number of anilines is 2. The summed E-state index contributed by atoms with van der Waals surface area (Å²) in [5.74, 6) is -0.577. The molecule has 0 bridgehead atoms. The molecule has 1 saturated heterocycles. The lowest BCUT2D eigenvalue weighted by Gasteiger charge is -2.28. The number of nitro benzene ring substituents is 1. The van der Waals surface area contributed by atoms with E-state index in [-0.39, 0.29) is 16.4 Å². The van der Waals surface area contributed by atoms with E-state index in [1.54, 1.807) is 24.3 Å². The summed E-state index contributed by atoms with van der Waals surface area (Å²) in [5.41, 5.74) is 2.48. The molecule has 1 aliphatic heterocycles. The third-order valence-electron chi connectivity index (χ3n) is 6.19. The number of thiazole rings is 1. The van der Waals surface area contributed by atoms with E-state index in [2.05, 4.69) is 15.6 Å². The number of thiocarbonyl (C=S) groups is 1. The number of amides is 1. The number of para-hydroxylation sites is 1. The maximum absolute atomic E-state index is 12.9. The van der Waals surface area contributed by atoms with Gasteiger partial charge in [-0.3, -0.25) is 20.2 Å². The van der Waals surface area contributed by atoms with Gasteiger partial charge in [0.1, 0.15) is 10.7 Å². The van der Waals surface area contributed by atoms with Crippen LogP contribution in [0.5, 0.6) is 0 Å². The third-order valence-corrected chi connectivity index (χ3v) is 8.09. The summed E-state index contributed by atoms with van der Waals surface area (Å²) in [6.45, 7) is 1.50. The number of hydrogen-bond donors (Lipinski definition) is 2. The van der Waals surface area contributed by atoms with Crippen LogP contribution in [0.15, 0.2) is 54.6 Å². The molecule has 2 N–H and O–H groups in total. The number of benzene rings is 3. The van der Waals surface area contributed by atoms with Crippen molar-refractivity contribution in [1.29, 1.82) is 0 Å². The van der Waals surface area contributed by atoms with Crippen LogP contribution >= 0.6 is 46.8 Å². The zero-order valence-corrected chi connectivity index (χ0v) is 23.0.